The molecule has 1 aromatic carbocycles. The Bertz CT molecular complexity index is 364. The summed E-state index contributed by atoms with van der Waals surface area (Å²) in [7, 11) is 2.23. The minimum atomic E-state index is 0.134. The minimum absolute atomic E-state index is 0.134. The molecule has 0 unspecified atom stereocenters. The van der Waals surface area contributed by atoms with Crippen molar-refractivity contribution in [3.05, 3.63) is 29.8 Å². The van der Waals surface area contributed by atoms with Crippen LogP contribution in [0.25, 0.3) is 0 Å². The third kappa shape index (κ3) is 2.42. The van der Waals surface area contributed by atoms with E-state index in [2.05, 4.69) is 24.1 Å². The number of hydrogen-bond acceptors (Lipinski definition) is 2. The summed E-state index contributed by atoms with van der Waals surface area (Å²) in [6, 6.07) is 7.94. The maximum Gasteiger partial charge on any atom is 0.159 e. The van der Waals surface area contributed by atoms with Crippen LogP contribution in [-0.2, 0) is 0 Å². The number of hydrogen-bond donors (Lipinski definition) is 1. The second-order valence-corrected chi connectivity index (χ2v) is 4.55. The van der Waals surface area contributed by atoms with Crippen LogP contribution in [0.5, 0.6) is 0 Å². The van der Waals surface area contributed by atoms with Gasteiger partial charge in [0.25, 0.3) is 0 Å². The molecule has 0 saturated carbocycles. The number of piperazine rings is 1. The fraction of sp³-hybridized carbons (Fsp3) is 0.462. The summed E-state index contributed by atoms with van der Waals surface area (Å²) in [5, 5.41) is 0. The summed E-state index contributed by atoms with van der Waals surface area (Å²) in [5.74, 6) is 0.134. The lowest BCUT2D eigenvalue weighted by Gasteiger charge is -2.31. The lowest BCUT2D eigenvalue weighted by Crippen LogP contribution is -3.12. The first-order chi connectivity index (χ1) is 7.66. The Balaban J connectivity index is 2.07. The number of benzene rings is 1. The van der Waals surface area contributed by atoms with Crippen LogP contribution in [-0.4, -0.2) is 39.0 Å². The lowest BCUT2D eigenvalue weighted by molar-refractivity contribution is -0.880. The molecule has 1 aliphatic heterocycles. The van der Waals surface area contributed by atoms with E-state index in [0.29, 0.717) is 0 Å². The summed E-state index contributed by atoms with van der Waals surface area (Å²) >= 11 is 0. The van der Waals surface area contributed by atoms with Gasteiger partial charge in [0.15, 0.2) is 5.78 Å². The highest BCUT2D eigenvalue weighted by Gasteiger charge is 2.16. The van der Waals surface area contributed by atoms with Gasteiger partial charge in [-0.1, -0.05) is 0 Å². The predicted molar refractivity (Wildman–Crippen MR) is 65.3 cm³/mol. The Hall–Kier alpha value is -1.35. The van der Waals surface area contributed by atoms with Gasteiger partial charge in [-0.2, -0.15) is 0 Å². The molecule has 1 fully saturated rings. The smallest absolute Gasteiger partial charge is 0.159 e. The van der Waals surface area contributed by atoms with Gasteiger partial charge in [-0.25, -0.2) is 0 Å². The number of carbonyl (C=O) groups excluding carboxylic acids is 1. The van der Waals surface area contributed by atoms with Crippen LogP contribution in [0.1, 0.15) is 17.3 Å². The Morgan fingerprint density at radius 1 is 1.19 bits per heavy atom. The lowest BCUT2D eigenvalue weighted by atomic mass is 10.1. The van der Waals surface area contributed by atoms with Gasteiger partial charge in [0, 0.05) is 11.3 Å². The van der Waals surface area contributed by atoms with Gasteiger partial charge in [0.1, 0.15) is 0 Å². The molecule has 16 heavy (non-hydrogen) atoms. The molecule has 0 aromatic heterocycles. The number of likely N-dealkylation sites (N-methyl/N-ethyl adjacent to an activating group) is 1. The topological polar surface area (TPSA) is 24.8 Å². The van der Waals surface area contributed by atoms with Gasteiger partial charge < -0.3 is 9.80 Å². The number of ketones is 1. The van der Waals surface area contributed by atoms with Crippen molar-refractivity contribution in [2.75, 3.05) is 38.1 Å². The summed E-state index contributed by atoms with van der Waals surface area (Å²) in [4.78, 5) is 15.1. The zero-order valence-corrected chi connectivity index (χ0v) is 9.99. The van der Waals surface area contributed by atoms with Crippen LogP contribution >= 0.6 is 0 Å². The number of carbonyl (C=O) groups is 1. The number of rotatable bonds is 2. The van der Waals surface area contributed by atoms with Gasteiger partial charge >= 0.3 is 0 Å². The molecule has 3 nitrogen and oxygen atoms in total. The van der Waals surface area contributed by atoms with Crippen molar-refractivity contribution < 1.29 is 9.69 Å². The highest BCUT2D eigenvalue weighted by Crippen LogP contribution is 2.15. The Kier molecular flexibility index (Phi) is 3.25. The first-order valence-corrected chi connectivity index (χ1v) is 5.84. The van der Waals surface area contributed by atoms with E-state index in [-0.39, 0.29) is 5.78 Å². The standard InChI is InChI=1S/C13H18N2O/c1-11(16)12-3-5-13(6-4-12)15-9-7-14(2)8-10-15/h3-6H,7-10H2,1-2H3/p+1. The van der Waals surface area contributed by atoms with Crippen molar-refractivity contribution in [1.29, 1.82) is 0 Å². The van der Waals surface area contributed by atoms with Gasteiger partial charge in [-0.3, -0.25) is 4.79 Å². The molecule has 0 spiro atoms. The molecule has 0 atom stereocenters. The molecule has 2 rings (SSSR count). The van der Waals surface area contributed by atoms with Gasteiger partial charge in [0.2, 0.25) is 0 Å². The quantitative estimate of drug-likeness (QED) is 0.720. The molecular weight excluding hydrogens is 200 g/mol. The second-order valence-electron chi connectivity index (χ2n) is 4.55. The molecule has 1 saturated heterocycles. The van der Waals surface area contributed by atoms with Gasteiger partial charge in [-0.05, 0) is 31.2 Å². The molecule has 1 aliphatic rings. The van der Waals surface area contributed by atoms with E-state index in [9.17, 15) is 4.79 Å². The van der Waals surface area contributed by atoms with Crippen molar-refractivity contribution >= 4 is 11.5 Å². The Morgan fingerprint density at radius 2 is 1.75 bits per heavy atom. The maximum absolute atomic E-state index is 11.2. The molecule has 86 valence electrons. The van der Waals surface area contributed by atoms with Crippen LogP contribution in [0.2, 0.25) is 0 Å². The number of nitrogens with one attached hydrogen (secondary N) is 1. The van der Waals surface area contributed by atoms with E-state index in [0.717, 1.165) is 18.7 Å². The number of anilines is 1. The van der Waals surface area contributed by atoms with Crippen molar-refractivity contribution in [2.24, 2.45) is 0 Å². The fourth-order valence-corrected chi connectivity index (χ4v) is 2.05. The molecule has 1 N–H and O–H groups in total. The van der Waals surface area contributed by atoms with E-state index in [1.165, 1.54) is 18.8 Å². The van der Waals surface area contributed by atoms with Gasteiger partial charge in [-0.15, -0.1) is 0 Å². The highest BCUT2D eigenvalue weighted by atomic mass is 16.1. The SMILES string of the molecule is CC(=O)c1ccc(N2CC[NH+](C)CC2)cc1. The normalized spacial score (nSPS) is 17.5. The first-order valence-electron chi connectivity index (χ1n) is 5.84. The summed E-state index contributed by atoms with van der Waals surface area (Å²) in [5.41, 5.74) is 2.03. The van der Waals surface area contributed by atoms with Crippen molar-refractivity contribution in [2.45, 2.75) is 6.92 Å². The second kappa shape index (κ2) is 4.66. The maximum atomic E-state index is 11.2. The average molecular weight is 219 g/mol. The van der Waals surface area contributed by atoms with Crippen LogP contribution in [0.15, 0.2) is 24.3 Å². The molecule has 0 aliphatic carbocycles. The number of quaternary nitrogens is 1. The Morgan fingerprint density at radius 3 is 2.25 bits per heavy atom. The average Bonchev–Trinajstić information content (AvgIpc) is 2.30. The highest BCUT2D eigenvalue weighted by molar-refractivity contribution is 5.94. The van der Waals surface area contributed by atoms with Gasteiger partial charge in [0.05, 0.1) is 33.2 Å². The van der Waals surface area contributed by atoms with Crippen molar-refractivity contribution in [3.63, 3.8) is 0 Å². The summed E-state index contributed by atoms with van der Waals surface area (Å²) in [6.45, 7) is 6.19. The zero-order valence-electron chi connectivity index (χ0n) is 9.99. The monoisotopic (exact) mass is 219 g/mol. The van der Waals surface area contributed by atoms with E-state index >= 15 is 0 Å². The fourth-order valence-electron chi connectivity index (χ4n) is 2.05. The largest absolute Gasteiger partial charge is 0.360 e. The molecule has 0 radical (unpaired) electrons. The molecule has 0 amide bonds. The zero-order chi connectivity index (χ0) is 11.5. The van der Waals surface area contributed by atoms with E-state index in [1.807, 2.05) is 12.1 Å². The van der Waals surface area contributed by atoms with Crippen LogP contribution in [0.3, 0.4) is 0 Å². The molecule has 0 bridgehead atoms. The van der Waals surface area contributed by atoms with Crippen molar-refractivity contribution in [3.8, 4) is 0 Å². The molecule has 1 heterocycles. The molecule has 1 aromatic rings. The van der Waals surface area contributed by atoms with Crippen LogP contribution in [0.4, 0.5) is 5.69 Å². The predicted octanol–water partition coefficient (Wildman–Crippen LogP) is 0.224. The van der Waals surface area contributed by atoms with E-state index in [4.69, 9.17) is 0 Å². The molecular formula is C13H19N2O+. The van der Waals surface area contributed by atoms with E-state index < -0.39 is 0 Å². The van der Waals surface area contributed by atoms with Crippen molar-refractivity contribution in [1.82, 2.24) is 0 Å². The van der Waals surface area contributed by atoms with Crippen LogP contribution < -0.4 is 9.80 Å². The summed E-state index contributed by atoms with van der Waals surface area (Å²) in [6.07, 6.45) is 0. The van der Waals surface area contributed by atoms with Crippen LogP contribution in [0, 0.1) is 0 Å². The minimum Gasteiger partial charge on any atom is -0.360 e. The number of Topliss-reactive ketones (excluding diaryl/α,β-unsaturated/α-hetero) is 1. The third-order valence-corrected chi connectivity index (χ3v) is 3.26. The summed E-state index contributed by atoms with van der Waals surface area (Å²) < 4.78 is 0. The number of nitrogens with zero attached hydrogens (tertiary/aromatic N) is 1. The third-order valence-electron chi connectivity index (χ3n) is 3.26. The Labute approximate surface area is 96.7 Å². The molecule has 3 heteroatoms. The van der Waals surface area contributed by atoms with E-state index in [1.54, 1.807) is 11.8 Å². The first kappa shape index (κ1) is 11.1.